The summed E-state index contributed by atoms with van der Waals surface area (Å²) in [6.45, 7) is 1.88. The van der Waals surface area contributed by atoms with Crippen molar-refractivity contribution in [1.82, 2.24) is 0 Å². The zero-order valence-electron chi connectivity index (χ0n) is 7.16. The smallest absolute Gasteiger partial charge is 0.542 e. The Morgan fingerprint density at radius 2 is 0.846 bits per heavy atom. The van der Waals surface area contributed by atoms with Gasteiger partial charge in [-0.15, -0.1) is 0 Å². The van der Waals surface area contributed by atoms with Gasteiger partial charge in [0.05, 0.1) is 0 Å². The molecule has 0 aromatic rings. The second-order valence-electron chi connectivity index (χ2n) is 1.69. The number of carbonyl (C=O) groups is 4. The molecule has 0 aliphatic heterocycles. The van der Waals surface area contributed by atoms with E-state index in [1.165, 1.54) is 0 Å². The Morgan fingerprint density at radius 1 is 0.769 bits per heavy atom. The number of carboxylic acids is 2. The Morgan fingerprint density at radius 3 is 0.846 bits per heavy atom. The Hall–Kier alpha value is -0.954. The van der Waals surface area contributed by atoms with E-state index >= 15 is 0 Å². The van der Waals surface area contributed by atoms with E-state index in [-0.39, 0.29) is 23.1 Å². The third-order valence-electron chi connectivity index (χ3n) is 0.575. The van der Waals surface area contributed by atoms with E-state index in [4.69, 9.17) is 0 Å². The summed E-state index contributed by atoms with van der Waals surface area (Å²) in [6, 6.07) is 0. The van der Waals surface area contributed by atoms with Gasteiger partial charge in [-0.3, -0.25) is 9.59 Å². The average Bonchev–Trinajstić information content (AvgIpc) is 1.88. The molecule has 0 spiro atoms. The molecular formula is C6H6MgO6. The van der Waals surface area contributed by atoms with Gasteiger partial charge in [0.2, 0.25) is 0 Å². The molecule has 7 heteroatoms. The summed E-state index contributed by atoms with van der Waals surface area (Å²) in [5.41, 5.74) is 0. The largest absolute Gasteiger partial charge is 2.00 e. The number of carboxylic acid groups (broad SMARTS) is 2. The monoisotopic (exact) mass is 198 g/mol. The molecule has 0 heterocycles. The van der Waals surface area contributed by atoms with E-state index in [0.29, 0.717) is 0 Å². The third kappa shape index (κ3) is 18.2. The van der Waals surface area contributed by atoms with Crippen LogP contribution in [0.1, 0.15) is 13.8 Å². The van der Waals surface area contributed by atoms with Gasteiger partial charge in [-0.05, 0) is 0 Å². The van der Waals surface area contributed by atoms with Gasteiger partial charge in [-0.1, -0.05) is 0 Å². The van der Waals surface area contributed by atoms with Crippen LogP contribution in [0, 0.1) is 0 Å². The number of hydrogen-bond acceptors (Lipinski definition) is 6. The number of rotatable bonds is 2. The first-order valence-corrected chi connectivity index (χ1v) is 2.72. The zero-order valence-corrected chi connectivity index (χ0v) is 8.57. The minimum Gasteiger partial charge on any atom is -0.542 e. The quantitative estimate of drug-likeness (QED) is 0.333. The Balaban J connectivity index is -0.000000143. The van der Waals surface area contributed by atoms with Crippen LogP contribution in [0.4, 0.5) is 0 Å². The van der Waals surface area contributed by atoms with Gasteiger partial charge in [-0.2, -0.15) is 0 Å². The minimum absolute atomic E-state index is 0. The number of carbonyl (C=O) groups excluding carboxylic acids is 4. The third-order valence-corrected chi connectivity index (χ3v) is 0.575. The SMILES string of the molecule is CC(=O)C(=O)[O-].CC(=O)C(=O)[O-].[Mg+2]. The van der Waals surface area contributed by atoms with E-state index in [2.05, 4.69) is 0 Å². The molecule has 0 saturated carbocycles. The molecule has 0 unspecified atom stereocenters. The van der Waals surface area contributed by atoms with Crippen molar-refractivity contribution < 1.29 is 29.4 Å². The standard InChI is InChI=1S/2C3H4O3.Mg/c2*1-2(4)3(5)6;/h2*1H3,(H,5,6);/q;;+2/p-2. The van der Waals surface area contributed by atoms with Crippen molar-refractivity contribution in [3.63, 3.8) is 0 Å². The van der Waals surface area contributed by atoms with Gasteiger partial charge >= 0.3 is 23.1 Å². The summed E-state index contributed by atoms with van der Waals surface area (Å²) in [5.74, 6) is -5.13. The summed E-state index contributed by atoms with van der Waals surface area (Å²) in [4.78, 5) is 37.4. The first kappa shape index (κ1) is 18.0. The molecule has 0 radical (unpaired) electrons. The van der Waals surface area contributed by atoms with E-state index < -0.39 is 23.5 Å². The summed E-state index contributed by atoms with van der Waals surface area (Å²) in [7, 11) is 0. The summed E-state index contributed by atoms with van der Waals surface area (Å²) in [5, 5.41) is 18.5. The molecule has 6 nitrogen and oxygen atoms in total. The van der Waals surface area contributed by atoms with Gasteiger partial charge in [0.15, 0.2) is 11.6 Å². The van der Waals surface area contributed by atoms with E-state index in [0.717, 1.165) is 13.8 Å². The molecular weight excluding hydrogens is 192 g/mol. The van der Waals surface area contributed by atoms with Gasteiger partial charge in [0.25, 0.3) is 0 Å². The van der Waals surface area contributed by atoms with Gasteiger partial charge in [0, 0.05) is 13.8 Å². The second-order valence-corrected chi connectivity index (χ2v) is 1.69. The molecule has 0 aromatic carbocycles. The normalized spacial score (nSPS) is 6.92. The van der Waals surface area contributed by atoms with Crippen LogP contribution in [-0.2, 0) is 19.2 Å². The fourth-order valence-electron chi connectivity index (χ4n) is 0. The first-order chi connectivity index (χ1) is 5.29. The van der Waals surface area contributed by atoms with Crippen LogP contribution in [0.2, 0.25) is 0 Å². The van der Waals surface area contributed by atoms with Crippen molar-refractivity contribution in [3.8, 4) is 0 Å². The van der Waals surface area contributed by atoms with E-state index in [1.54, 1.807) is 0 Å². The zero-order chi connectivity index (χ0) is 10.3. The molecule has 0 amide bonds. The van der Waals surface area contributed by atoms with Crippen molar-refractivity contribution in [2.75, 3.05) is 0 Å². The molecule has 0 aliphatic rings. The first-order valence-electron chi connectivity index (χ1n) is 2.72. The van der Waals surface area contributed by atoms with Crippen molar-refractivity contribution in [3.05, 3.63) is 0 Å². The van der Waals surface area contributed by atoms with E-state index in [9.17, 15) is 29.4 Å². The fraction of sp³-hybridized carbons (Fsp3) is 0.333. The maximum absolute atomic E-state index is 9.48. The number of ketones is 2. The Bertz CT molecular complexity index is 173. The topological polar surface area (TPSA) is 114 Å². The predicted octanol–water partition coefficient (Wildman–Crippen LogP) is -3.73. The second kappa shape index (κ2) is 9.14. The molecule has 0 rings (SSSR count). The van der Waals surface area contributed by atoms with E-state index in [1.807, 2.05) is 0 Å². The van der Waals surface area contributed by atoms with Crippen molar-refractivity contribution in [2.45, 2.75) is 13.8 Å². The Kier molecular flexibility index (Phi) is 12.6. The van der Waals surface area contributed by atoms with Crippen LogP contribution in [0.5, 0.6) is 0 Å². The summed E-state index contributed by atoms with van der Waals surface area (Å²) in [6.07, 6.45) is 0. The summed E-state index contributed by atoms with van der Waals surface area (Å²) >= 11 is 0. The molecule has 0 aliphatic carbocycles. The molecule has 0 saturated heterocycles. The molecule has 0 aromatic heterocycles. The van der Waals surface area contributed by atoms with Crippen molar-refractivity contribution in [1.29, 1.82) is 0 Å². The summed E-state index contributed by atoms with van der Waals surface area (Å²) < 4.78 is 0. The van der Waals surface area contributed by atoms with Crippen LogP contribution in [-0.4, -0.2) is 46.6 Å². The Labute approximate surface area is 90.1 Å². The number of hydrogen-bond donors (Lipinski definition) is 0. The molecule has 0 bridgehead atoms. The van der Waals surface area contributed by atoms with Crippen LogP contribution < -0.4 is 10.2 Å². The average molecular weight is 198 g/mol. The van der Waals surface area contributed by atoms with Gasteiger partial charge in [-0.25, -0.2) is 0 Å². The maximum atomic E-state index is 9.48. The van der Waals surface area contributed by atoms with Crippen molar-refractivity contribution in [2.24, 2.45) is 0 Å². The minimum atomic E-state index is -1.63. The van der Waals surface area contributed by atoms with Gasteiger partial charge in [0.1, 0.15) is 11.9 Å². The van der Waals surface area contributed by atoms with Crippen LogP contribution >= 0.6 is 0 Å². The molecule has 68 valence electrons. The van der Waals surface area contributed by atoms with Crippen LogP contribution in [0.3, 0.4) is 0 Å². The molecule has 0 atom stereocenters. The van der Waals surface area contributed by atoms with Gasteiger partial charge < -0.3 is 19.8 Å². The molecule has 0 N–H and O–H groups in total. The maximum Gasteiger partial charge on any atom is 2.00 e. The molecule has 0 fully saturated rings. The predicted molar refractivity (Wildman–Crippen MR) is 37.1 cm³/mol. The number of aliphatic carboxylic acids is 2. The fourth-order valence-corrected chi connectivity index (χ4v) is 0. The van der Waals surface area contributed by atoms with Crippen LogP contribution in [0.25, 0.3) is 0 Å². The number of Topliss-reactive ketones (excluding diaryl/α,β-unsaturated/α-hetero) is 2. The molecule has 13 heavy (non-hydrogen) atoms. The van der Waals surface area contributed by atoms with Crippen molar-refractivity contribution >= 4 is 46.6 Å². The van der Waals surface area contributed by atoms with Crippen LogP contribution in [0.15, 0.2) is 0 Å².